The first-order valence-corrected chi connectivity index (χ1v) is 10.6. The zero-order chi connectivity index (χ0) is 22.9. The summed E-state index contributed by atoms with van der Waals surface area (Å²) < 4.78 is 74.2. The summed E-state index contributed by atoms with van der Waals surface area (Å²) in [6.45, 7) is 0. The topological polar surface area (TPSA) is 220 Å². The average Bonchev–Trinajstić information content (AvgIpc) is 2.61. The SMILES string of the molecule is COc1cc(N)c(S(=O)(=O)O)cc1NC(=O)Nc1cc(S(=O)(=O)O)c(N)cc1OC. The molecule has 15 heteroatoms. The van der Waals surface area contributed by atoms with E-state index >= 15 is 0 Å². The number of anilines is 4. The standard InChI is InChI=1S/C15H18N4O9S2/c1-27-11-3-7(16)13(29(21,22)23)5-9(11)18-15(20)19-10-6-14(30(24,25)26)8(17)4-12(10)28-2/h3-6H,16-17H2,1-2H3,(H2,18,19,20)(H,21,22,23)(H,24,25,26). The Balaban J connectivity index is 2.43. The fraction of sp³-hybridized carbons (Fsp3) is 0.133. The fourth-order valence-electron chi connectivity index (χ4n) is 2.41. The molecule has 0 aromatic heterocycles. The van der Waals surface area contributed by atoms with E-state index in [9.17, 15) is 30.7 Å². The van der Waals surface area contributed by atoms with Crippen molar-refractivity contribution in [3.63, 3.8) is 0 Å². The van der Waals surface area contributed by atoms with Crippen LogP contribution in [-0.2, 0) is 20.2 Å². The lowest BCUT2D eigenvalue weighted by Crippen LogP contribution is -2.21. The normalized spacial score (nSPS) is 11.6. The second kappa shape index (κ2) is 8.23. The first kappa shape index (κ1) is 23.0. The Bertz CT molecular complexity index is 1120. The van der Waals surface area contributed by atoms with Gasteiger partial charge in [-0.3, -0.25) is 9.11 Å². The van der Waals surface area contributed by atoms with Crippen LogP contribution in [0, 0.1) is 0 Å². The van der Waals surface area contributed by atoms with Gasteiger partial charge in [0.05, 0.1) is 37.0 Å². The zero-order valence-corrected chi connectivity index (χ0v) is 17.2. The van der Waals surface area contributed by atoms with Gasteiger partial charge in [0, 0.05) is 12.1 Å². The van der Waals surface area contributed by atoms with Crippen molar-refractivity contribution in [3.8, 4) is 11.5 Å². The highest BCUT2D eigenvalue weighted by Gasteiger charge is 2.21. The summed E-state index contributed by atoms with van der Waals surface area (Å²) in [4.78, 5) is 11.1. The number of rotatable bonds is 6. The second-order valence-corrected chi connectivity index (χ2v) is 8.49. The van der Waals surface area contributed by atoms with Crippen LogP contribution in [0.15, 0.2) is 34.1 Å². The molecule has 2 aromatic carbocycles. The third-order valence-electron chi connectivity index (χ3n) is 3.72. The second-order valence-electron chi connectivity index (χ2n) is 5.71. The molecule has 2 aromatic rings. The van der Waals surface area contributed by atoms with E-state index in [1.54, 1.807) is 0 Å². The van der Waals surface area contributed by atoms with E-state index in [-0.39, 0.29) is 34.2 Å². The third kappa shape index (κ3) is 5.01. The number of nitrogens with two attached hydrogens (primary N) is 2. The van der Waals surface area contributed by atoms with Gasteiger partial charge < -0.3 is 31.6 Å². The van der Waals surface area contributed by atoms with Crippen LogP contribution in [0.4, 0.5) is 27.5 Å². The number of carbonyl (C=O) groups is 1. The minimum Gasteiger partial charge on any atom is -0.494 e. The number of methoxy groups -OCH3 is 2. The van der Waals surface area contributed by atoms with Crippen molar-refractivity contribution in [2.24, 2.45) is 0 Å². The molecular formula is C15H18N4O9S2. The molecule has 0 fully saturated rings. The Morgan fingerprint density at radius 3 is 1.40 bits per heavy atom. The van der Waals surface area contributed by atoms with Crippen molar-refractivity contribution < 1.29 is 40.2 Å². The Labute approximate surface area is 171 Å². The molecule has 8 N–H and O–H groups in total. The molecule has 0 spiro atoms. The summed E-state index contributed by atoms with van der Waals surface area (Å²) in [5, 5.41) is 4.54. The van der Waals surface area contributed by atoms with Gasteiger partial charge in [-0.25, -0.2) is 4.79 Å². The molecule has 0 aliphatic heterocycles. The fourth-order valence-corrected chi connectivity index (χ4v) is 3.65. The van der Waals surface area contributed by atoms with Gasteiger partial charge in [0.25, 0.3) is 20.2 Å². The first-order valence-electron chi connectivity index (χ1n) is 7.76. The summed E-state index contributed by atoms with van der Waals surface area (Å²) in [6, 6.07) is 2.89. The van der Waals surface area contributed by atoms with Crippen LogP contribution >= 0.6 is 0 Å². The van der Waals surface area contributed by atoms with Gasteiger partial charge in [-0.15, -0.1) is 0 Å². The van der Waals surface area contributed by atoms with Gasteiger partial charge in [0.2, 0.25) is 0 Å². The van der Waals surface area contributed by atoms with Crippen LogP contribution in [0.1, 0.15) is 0 Å². The van der Waals surface area contributed by atoms with Crippen molar-refractivity contribution in [2.45, 2.75) is 9.79 Å². The highest BCUT2D eigenvalue weighted by atomic mass is 32.2. The van der Waals surface area contributed by atoms with E-state index < -0.39 is 36.1 Å². The van der Waals surface area contributed by atoms with Gasteiger partial charge >= 0.3 is 6.03 Å². The molecular weight excluding hydrogens is 444 g/mol. The van der Waals surface area contributed by atoms with Crippen LogP contribution in [0.25, 0.3) is 0 Å². The lowest BCUT2D eigenvalue weighted by Gasteiger charge is -2.16. The number of hydrogen-bond acceptors (Lipinski definition) is 9. The van der Waals surface area contributed by atoms with Crippen molar-refractivity contribution in [1.82, 2.24) is 0 Å². The Morgan fingerprint density at radius 2 is 1.13 bits per heavy atom. The van der Waals surface area contributed by atoms with E-state index in [4.69, 9.17) is 20.9 Å². The monoisotopic (exact) mass is 462 g/mol. The molecule has 0 heterocycles. The largest absolute Gasteiger partial charge is 0.494 e. The molecule has 0 saturated carbocycles. The van der Waals surface area contributed by atoms with Gasteiger partial charge in [-0.05, 0) is 12.1 Å². The van der Waals surface area contributed by atoms with Crippen molar-refractivity contribution >= 4 is 49.0 Å². The van der Waals surface area contributed by atoms with E-state index in [0.717, 1.165) is 24.3 Å². The predicted octanol–water partition coefficient (Wildman–Crippen LogP) is 1.01. The molecule has 2 amide bonds. The van der Waals surface area contributed by atoms with Gasteiger partial charge in [0.15, 0.2) is 0 Å². The van der Waals surface area contributed by atoms with Gasteiger partial charge in [-0.2, -0.15) is 16.8 Å². The Hall–Kier alpha value is -3.27. The van der Waals surface area contributed by atoms with Crippen LogP contribution < -0.4 is 31.6 Å². The minimum atomic E-state index is -4.69. The van der Waals surface area contributed by atoms with Crippen molar-refractivity contribution in [3.05, 3.63) is 24.3 Å². The summed E-state index contributed by atoms with van der Waals surface area (Å²) in [5.41, 5.74) is 10.1. The molecule has 0 radical (unpaired) electrons. The van der Waals surface area contributed by atoms with Crippen LogP contribution in [0.5, 0.6) is 11.5 Å². The number of nitrogen functional groups attached to an aromatic ring is 2. The molecule has 164 valence electrons. The maximum Gasteiger partial charge on any atom is 0.323 e. The average molecular weight is 462 g/mol. The third-order valence-corrected chi connectivity index (χ3v) is 5.53. The number of hydrogen-bond donors (Lipinski definition) is 6. The lowest BCUT2D eigenvalue weighted by molar-refractivity contribution is 0.262. The molecule has 30 heavy (non-hydrogen) atoms. The highest BCUT2D eigenvalue weighted by Crippen LogP contribution is 2.34. The summed E-state index contributed by atoms with van der Waals surface area (Å²) in [7, 11) is -6.93. The maximum atomic E-state index is 12.4. The summed E-state index contributed by atoms with van der Waals surface area (Å²) in [6.07, 6.45) is 0. The number of amides is 2. The molecule has 0 aliphatic rings. The molecule has 0 bridgehead atoms. The molecule has 0 atom stereocenters. The number of ether oxygens (including phenoxy) is 2. The smallest absolute Gasteiger partial charge is 0.323 e. The molecule has 0 unspecified atom stereocenters. The first-order chi connectivity index (χ1) is 13.8. The number of nitrogens with one attached hydrogen (secondary N) is 2. The maximum absolute atomic E-state index is 12.4. The van der Waals surface area contributed by atoms with E-state index in [1.165, 1.54) is 14.2 Å². The highest BCUT2D eigenvalue weighted by molar-refractivity contribution is 7.86. The molecule has 13 nitrogen and oxygen atoms in total. The van der Waals surface area contributed by atoms with Crippen LogP contribution in [0.3, 0.4) is 0 Å². The van der Waals surface area contributed by atoms with E-state index in [2.05, 4.69) is 10.6 Å². The summed E-state index contributed by atoms with van der Waals surface area (Å²) >= 11 is 0. The van der Waals surface area contributed by atoms with Crippen molar-refractivity contribution in [2.75, 3.05) is 36.3 Å². The van der Waals surface area contributed by atoms with Crippen LogP contribution in [-0.4, -0.2) is 46.2 Å². The van der Waals surface area contributed by atoms with E-state index in [0.29, 0.717) is 0 Å². The Kier molecular flexibility index (Phi) is 6.31. The van der Waals surface area contributed by atoms with Gasteiger partial charge in [0.1, 0.15) is 21.3 Å². The number of benzene rings is 2. The quantitative estimate of drug-likeness (QED) is 0.262. The zero-order valence-electron chi connectivity index (χ0n) is 15.5. The predicted molar refractivity (Wildman–Crippen MR) is 107 cm³/mol. The van der Waals surface area contributed by atoms with Crippen molar-refractivity contribution in [1.29, 1.82) is 0 Å². The number of carbonyl (C=O) groups excluding carboxylic acids is 1. The molecule has 0 saturated heterocycles. The van der Waals surface area contributed by atoms with E-state index in [1.807, 2.05) is 0 Å². The summed E-state index contributed by atoms with van der Waals surface area (Å²) in [5.74, 6) is -0.0594. The lowest BCUT2D eigenvalue weighted by atomic mass is 10.2. The molecule has 2 rings (SSSR count). The number of urea groups is 1. The minimum absolute atomic E-state index is 0.0297. The van der Waals surface area contributed by atoms with Crippen LogP contribution in [0.2, 0.25) is 0 Å². The van der Waals surface area contributed by atoms with Gasteiger partial charge in [-0.1, -0.05) is 0 Å². The molecule has 0 aliphatic carbocycles. The Morgan fingerprint density at radius 1 is 0.800 bits per heavy atom.